The van der Waals surface area contributed by atoms with E-state index in [-0.39, 0.29) is 6.03 Å². The molecule has 2 amide bonds. The van der Waals surface area contributed by atoms with E-state index in [0.717, 1.165) is 25.7 Å². The Morgan fingerprint density at radius 3 is 2.65 bits per heavy atom. The summed E-state index contributed by atoms with van der Waals surface area (Å²) in [6, 6.07) is -0.287. The molecule has 0 spiro atoms. The Labute approximate surface area is 119 Å². The Hall–Kier alpha value is -1.56. The van der Waals surface area contributed by atoms with E-state index >= 15 is 0 Å². The van der Waals surface area contributed by atoms with Crippen molar-refractivity contribution in [3.05, 3.63) is 17.8 Å². The third-order valence-corrected chi connectivity index (χ3v) is 3.87. The standard InChI is InChI=1S/C14H23N3O3/c1-11-12(17-10-20-11)8-15-13(18)16-9-14(19)6-4-2-3-5-7-14/h10,19H,2-9H2,1H3,(H2,15,16,18). The number of carbonyl (C=O) groups is 1. The van der Waals surface area contributed by atoms with Crippen molar-refractivity contribution in [3.8, 4) is 0 Å². The Balaban J connectivity index is 1.73. The molecule has 1 aromatic heterocycles. The summed E-state index contributed by atoms with van der Waals surface area (Å²) >= 11 is 0. The maximum atomic E-state index is 11.7. The molecule has 6 heteroatoms. The Morgan fingerprint density at radius 2 is 2.05 bits per heavy atom. The minimum Gasteiger partial charge on any atom is -0.448 e. The van der Waals surface area contributed by atoms with Crippen LogP contribution in [0.4, 0.5) is 4.79 Å². The molecule has 0 saturated heterocycles. The van der Waals surface area contributed by atoms with Gasteiger partial charge in [-0.2, -0.15) is 0 Å². The van der Waals surface area contributed by atoms with Gasteiger partial charge in [0.15, 0.2) is 6.39 Å². The van der Waals surface area contributed by atoms with Gasteiger partial charge in [-0.05, 0) is 19.8 Å². The molecular formula is C14H23N3O3. The second kappa shape index (κ2) is 6.74. The van der Waals surface area contributed by atoms with Crippen molar-refractivity contribution in [2.24, 2.45) is 0 Å². The van der Waals surface area contributed by atoms with Crippen LogP contribution in [0.15, 0.2) is 10.8 Å². The first-order chi connectivity index (χ1) is 9.59. The molecule has 3 N–H and O–H groups in total. The minimum absolute atomic E-state index is 0.287. The van der Waals surface area contributed by atoms with Gasteiger partial charge in [-0.3, -0.25) is 0 Å². The van der Waals surface area contributed by atoms with Crippen LogP contribution in [0.3, 0.4) is 0 Å². The summed E-state index contributed by atoms with van der Waals surface area (Å²) < 4.78 is 5.06. The molecule has 20 heavy (non-hydrogen) atoms. The number of aliphatic hydroxyl groups is 1. The number of aromatic nitrogens is 1. The lowest BCUT2D eigenvalue weighted by Crippen LogP contribution is -2.46. The predicted molar refractivity (Wildman–Crippen MR) is 74.1 cm³/mol. The predicted octanol–water partition coefficient (Wildman–Crippen LogP) is 1.87. The van der Waals surface area contributed by atoms with Crippen LogP contribution >= 0.6 is 0 Å². The normalized spacial score (nSPS) is 18.3. The molecular weight excluding hydrogens is 258 g/mol. The van der Waals surface area contributed by atoms with Crippen LogP contribution in [0.1, 0.15) is 50.0 Å². The molecule has 112 valence electrons. The maximum Gasteiger partial charge on any atom is 0.315 e. The summed E-state index contributed by atoms with van der Waals surface area (Å²) in [5.74, 6) is 0.702. The number of urea groups is 1. The highest BCUT2D eigenvalue weighted by molar-refractivity contribution is 5.73. The number of carbonyl (C=O) groups excluding carboxylic acids is 1. The molecule has 6 nitrogen and oxygen atoms in total. The summed E-state index contributed by atoms with van der Waals surface area (Å²) in [5.41, 5.74) is -0.0363. The molecule has 1 fully saturated rings. The van der Waals surface area contributed by atoms with Crippen LogP contribution in [0.25, 0.3) is 0 Å². The van der Waals surface area contributed by atoms with Gasteiger partial charge in [0, 0.05) is 6.54 Å². The van der Waals surface area contributed by atoms with E-state index in [1.54, 1.807) is 6.92 Å². The van der Waals surface area contributed by atoms with Gasteiger partial charge in [-0.25, -0.2) is 9.78 Å². The van der Waals surface area contributed by atoms with Gasteiger partial charge in [0.25, 0.3) is 0 Å². The molecule has 0 aromatic carbocycles. The van der Waals surface area contributed by atoms with Gasteiger partial charge in [0.2, 0.25) is 0 Å². The number of hydrogen-bond acceptors (Lipinski definition) is 4. The van der Waals surface area contributed by atoms with Gasteiger partial charge < -0.3 is 20.2 Å². The molecule has 0 radical (unpaired) electrons. The maximum absolute atomic E-state index is 11.7. The van der Waals surface area contributed by atoms with E-state index in [9.17, 15) is 9.90 Å². The van der Waals surface area contributed by atoms with E-state index in [0.29, 0.717) is 24.5 Å². The Morgan fingerprint density at radius 1 is 1.35 bits per heavy atom. The van der Waals surface area contributed by atoms with Crippen molar-refractivity contribution in [2.75, 3.05) is 6.54 Å². The fourth-order valence-electron chi connectivity index (χ4n) is 2.53. The molecule has 0 bridgehead atoms. The number of nitrogens with one attached hydrogen (secondary N) is 2. The molecule has 1 heterocycles. The fraction of sp³-hybridized carbons (Fsp3) is 0.714. The molecule has 0 aliphatic heterocycles. The summed E-state index contributed by atoms with van der Waals surface area (Å²) in [6.07, 6.45) is 7.26. The van der Waals surface area contributed by atoms with E-state index in [4.69, 9.17) is 4.42 Å². The summed E-state index contributed by atoms with van der Waals surface area (Å²) in [4.78, 5) is 15.7. The molecule has 1 aliphatic rings. The zero-order valence-corrected chi connectivity index (χ0v) is 11.9. The highest BCUT2D eigenvalue weighted by Crippen LogP contribution is 2.26. The lowest BCUT2D eigenvalue weighted by Gasteiger charge is -2.26. The van der Waals surface area contributed by atoms with E-state index in [2.05, 4.69) is 15.6 Å². The van der Waals surface area contributed by atoms with Crippen molar-refractivity contribution >= 4 is 6.03 Å². The minimum atomic E-state index is -0.752. The SMILES string of the molecule is Cc1ocnc1CNC(=O)NCC1(O)CCCCCC1. The van der Waals surface area contributed by atoms with Crippen molar-refractivity contribution in [1.82, 2.24) is 15.6 Å². The van der Waals surface area contributed by atoms with Gasteiger partial charge in [-0.15, -0.1) is 0 Å². The first kappa shape index (κ1) is 14.8. The van der Waals surface area contributed by atoms with Crippen molar-refractivity contribution in [3.63, 3.8) is 0 Å². The third-order valence-electron chi connectivity index (χ3n) is 3.87. The quantitative estimate of drug-likeness (QED) is 0.735. The van der Waals surface area contributed by atoms with Crippen molar-refractivity contribution < 1.29 is 14.3 Å². The van der Waals surface area contributed by atoms with Gasteiger partial charge in [0.05, 0.1) is 12.1 Å². The fourth-order valence-corrected chi connectivity index (χ4v) is 2.53. The number of nitrogens with zero attached hydrogens (tertiary/aromatic N) is 1. The van der Waals surface area contributed by atoms with E-state index in [1.807, 2.05) is 0 Å². The van der Waals surface area contributed by atoms with E-state index < -0.39 is 5.60 Å². The largest absolute Gasteiger partial charge is 0.448 e. The molecule has 2 rings (SSSR count). The zero-order valence-electron chi connectivity index (χ0n) is 11.9. The average molecular weight is 281 g/mol. The summed E-state index contributed by atoms with van der Waals surface area (Å²) in [6.45, 7) is 2.43. The lowest BCUT2D eigenvalue weighted by molar-refractivity contribution is 0.0276. The molecule has 1 aliphatic carbocycles. The Kier molecular flexibility index (Phi) is 5.00. The van der Waals surface area contributed by atoms with Crippen LogP contribution in [-0.2, 0) is 6.54 Å². The topological polar surface area (TPSA) is 87.4 Å². The molecule has 0 unspecified atom stereocenters. The highest BCUT2D eigenvalue weighted by Gasteiger charge is 2.28. The van der Waals surface area contributed by atoms with E-state index in [1.165, 1.54) is 19.2 Å². The van der Waals surface area contributed by atoms with Gasteiger partial charge in [-0.1, -0.05) is 25.7 Å². The summed E-state index contributed by atoms with van der Waals surface area (Å²) in [5, 5.41) is 15.9. The number of amides is 2. The molecule has 1 saturated carbocycles. The van der Waals surface area contributed by atoms with Gasteiger partial charge >= 0.3 is 6.03 Å². The second-order valence-corrected chi connectivity index (χ2v) is 5.53. The van der Waals surface area contributed by atoms with Crippen LogP contribution in [-0.4, -0.2) is 28.3 Å². The van der Waals surface area contributed by atoms with Crippen LogP contribution < -0.4 is 10.6 Å². The summed E-state index contributed by atoms with van der Waals surface area (Å²) in [7, 11) is 0. The van der Waals surface area contributed by atoms with Gasteiger partial charge in [0.1, 0.15) is 11.5 Å². The molecule has 0 atom stereocenters. The second-order valence-electron chi connectivity index (χ2n) is 5.53. The lowest BCUT2D eigenvalue weighted by atomic mass is 9.95. The number of hydrogen-bond donors (Lipinski definition) is 3. The third kappa shape index (κ3) is 4.23. The van der Waals surface area contributed by atoms with Crippen molar-refractivity contribution in [2.45, 2.75) is 57.6 Å². The van der Waals surface area contributed by atoms with Crippen molar-refractivity contribution in [1.29, 1.82) is 0 Å². The highest BCUT2D eigenvalue weighted by atomic mass is 16.3. The monoisotopic (exact) mass is 281 g/mol. The van der Waals surface area contributed by atoms with Crippen LogP contribution in [0, 0.1) is 6.92 Å². The Bertz CT molecular complexity index is 437. The first-order valence-corrected chi connectivity index (χ1v) is 7.22. The first-order valence-electron chi connectivity index (χ1n) is 7.22. The van der Waals surface area contributed by atoms with Crippen LogP contribution in [0.5, 0.6) is 0 Å². The smallest absolute Gasteiger partial charge is 0.315 e. The van der Waals surface area contributed by atoms with Crippen LogP contribution in [0.2, 0.25) is 0 Å². The zero-order chi connectivity index (χ0) is 14.4. The number of rotatable bonds is 4. The number of aryl methyl sites for hydroxylation is 1. The molecule has 1 aromatic rings. The average Bonchev–Trinajstić information content (AvgIpc) is 2.70. The number of oxazole rings is 1.